The van der Waals surface area contributed by atoms with Crippen molar-refractivity contribution in [2.24, 2.45) is 4.99 Å². The number of thiophene rings is 1. The van der Waals surface area contributed by atoms with Crippen molar-refractivity contribution in [2.75, 3.05) is 0 Å². The van der Waals surface area contributed by atoms with E-state index in [0.717, 1.165) is 13.5 Å². The van der Waals surface area contributed by atoms with Gasteiger partial charge in [-0.2, -0.15) is 0 Å². The third kappa shape index (κ3) is 2.63. The molecule has 0 spiro atoms. The standard InChI is InChI=1S/C8H6BrN3OS2/c9-7-2-1-5(14-7)6-3-10-8(15-6)11-4-12-13/h1-4,13H,(H,10,11,12). The molecule has 0 aliphatic rings. The van der Waals surface area contributed by atoms with Crippen LogP contribution in [0.1, 0.15) is 0 Å². The lowest BCUT2D eigenvalue weighted by atomic mass is 10.4. The van der Waals surface area contributed by atoms with Gasteiger partial charge in [0.15, 0.2) is 0 Å². The maximum absolute atomic E-state index is 8.33. The minimum absolute atomic E-state index is 0.607. The Labute approximate surface area is 102 Å². The van der Waals surface area contributed by atoms with Crippen LogP contribution in [-0.2, 0) is 0 Å². The Balaban J connectivity index is 2.23. The minimum atomic E-state index is 0.607. The maximum atomic E-state index is 8.33. The molecule has 0 saturated heterocycles. The molecule has 0 bridgehead atoms. The van der Waals surface area contributed by atoms with Crippen LogP contribution in [0.15, 0.2) is 27.1 Å². The second kappa shape index (κ2) is 4.84. The van der Waals surface area contributed by atoms with Crippen molar-refractivity contribution >= 4 is 50.1 Å². The van der Waals surface area contributed by atoms with E-state index in [4.69, 9.17) is 5.21 Å². The zero-order valence-corrected chi connectivity index (χ0v) is 10.6. The second-order valence-corrected chi connectivity index (χ2v) is 5.97. The Bertz CT molecular complexity index is 480. The molecule has 0 fully saturated rings. The number of aromatic nitrogens is 1. The smallest absolute Gasteiger partial charge is 0.211 e. The average molecular weight is 304 g/mol. The zero-order valence-electron chi connectivity index (χ0n) is 7.35. The fourth-order valence-electron chi connectivity index (χ4n) is 0.969. The number of thiazole rings is 1. The van der Waals surface area contributed by atoms with E-state index in [0.29, 0.717) is 5.13 Å². The highest BCUT2D eigenvalue weighted by Crippen LogP contribution is 2.36. The van der Waals surface area contributed by atoms with Crippen LogP contribution in [0.25, 0.3) is 9.75 Å². The maximum Gasteiger partial charge on any atom is 0.211 e. The monoisotopic (exact) mass is 303 g/mol. The second-order valence-electron chi connectivity index (χ2n) is 2.50. The average Bonchev–Trinajstić information content (AvgIpc) is 2.83. The SMILES string of the molecule is ONC=Nc1ncc(-c2ccc(Br)s2)s1. The van der Waals surface area contributed by atoms with Crippen molar-refractivity contribution in [3.8, 4) is 9.75 Å². The van der Waals surface area contributed by atoms with Crippen LogP contribution in [-0.4, -0.2) is 16.5 Å². The molecule has 2 heterocycles. The minimum Gasteiger partial charge on any atom is -0.290 e. The predicted molar refractivity (Wildman–Crippen MR) is 66.2 cm³/mol. The molecule has 2 N–H and O–H groups in total. The van der Waals surface area contributed by atoms with Crippen LogP contribution in [0.2, 0.25) is 0 Å². The Kier molecular flexibility index (Phi) is 3.47. The summed E-state index contributed by atoms with van der Waals surface area (Å²) in [4.78, 5) is 10.2. The van der Waals surface area contributed by atoms with Crippen molar-refractivity contribution in [3.05, 3.63) is 22.1 Å². The number of nitrogens with one attached hydrogen (secondary N) is 1. The van der Waals surface area contributed by atoms with Crippen LogP contribution < -0.4 is 5.48 Å². The van der Waals surface area contributed by atoms with Crippen LogP contribution in [0.4, 0.5) is 5.13 Å². The molecule has 0 aliphatic heterocycles. The number of nitrogens with zero attached hydrogens (tertiary/aromatic N) is 2. The quantitative estimate of drug-likeness (QED) is 0.520. The van der Waals surface area contributed by atoms with Gasteiger partial charge in [0, 0.05) is 11.1 Å². The first-order valence-electron chi connectivity index (χ1n) is 3.93. The molecule has 0 aromatic carbocycles. The van der Waals surface area contributed by atoms with Gasteiger partial charge < -0.3 is 0 Å². The molecule has 15 heavy (non-hydrogen) atoms. The molecular weight excluding hydrogens is 298 g/mol. The highest BCUT2D eigenvalue weighted by atomic mass is 79.9. The number of hydrogen-bond donors (Lipinski definition) is 2. The van der Waals surface area contributed by atoms with E-state index in [9.17, 15) is 0 Å². The summed E-state index contributed by atoms with van der Waals surface area (Å²) in [6.45, 7) is 0. The fraction of sp³-hybridized carbons (Fsp3) is 0. The molecular formula is C8H6BrN3OS2. The number of hydroxylamine groups is 1. The van der Waals surface area contributed by atoms with Gasteiger partial charge in [-0.3, -0.25) is 10.7 Å². The lowest BCUT2D eigenvalue weighted by Gasteiger charge is -1.85. The van der Waals surface area contributed by atoms with Crippen molar-refractivity contribution in [3.63, 3.8) is 0 Å². The van der Waals surface area contributed by atoms with Crippen LogP contribution in [0, 0.1) is 0 Å². The first-order valence-corrected chi connectivity index (χ1v) is 6.36. The molecule has 0 atom stereocenters. The summed E-state index contributed by atoms with van der Waals surface area (Å²) in [6.07, 6.45) is 2.96. The van der Waals surface area contributed by atoms with Crippen LogP contribution in [0.3, 0.4) is 0 Å². The van der Waals surface area contributed by atoms with Gasteiger partial charge in [0.05, 0.1) is 8.66 Å². The summed E-state index contributed by atoms with van der Waals surface area (Å²) in [5.41, 5.74) is 1.84. The largest absolute Gasteiger partial charge is 0.290 e. The number of halogens is 1. The molecule has 2 aromatic rings. The molecule has 2 rings (SSSR count). The van der Waals surface area contributed by atoms with Gasteiger partial charge in [-0.1, -0.05) is 11.3 Å². The third-order valence-corrected chi connectivity index (χ3v) is 4.27. The van der Waals surface area contributed by atoms with Gasteiger partial charge in [-0.15, -0.1) is 11.3 Å². The summed E-state index contributed by atoms with van der Waals surface area (Å²) in [6, 6.07) is 4.03. The molecule has 7 heteroatoms. The summed E-state index contributed by atoms with van der Waals surface area (Å²) >= 11 is 6.53. The molecule has 4 nitrogen and oxygen atoms in total. The number of hydrogen-bond acceptors (Lipinski definition) is 5. The van der Waals surface area contributed by atoms with Gasteiger partial charge in [-0.25, -0.2) is 9.98 Å². The summed E-state index contributed by atoms with van der Waals surface area (Å²) in [5, 5.41) is 8.94. The molecule has 0 aliphatic carbocycles. The van der Waals surface area contributed by atoms with E-state index < -0.39 is 0 Å². The third-order valence-electron chi connectivity index (χ3n) is 1.54. The lowest BCUT2D eigenvalue weighted by molar-refractivity contribution is 0.240. The van der Waals surface area contributed by atoms with Crippen molar-refractivity contribution < 1.29 is 5.21 Å². The van der Waals surface area contributed by atoms with Gasteiger partial charge in [-0.05, 0) is 28.1 Å². The summed E-state index contributed by atoms with van der Waals surface area (Å²) in [5.74, 6) is 0. The van der Waals surface area contributed by atoms with Crippen LogP contribution in [0.5, 0.6) is 0 Å². The van der Waals surface area contributed by atoms with E-state index in [1.807, 2.05) is 17.6 Å². The zero-order chi connectivity index (χ0) is 10.7. The van der Waals surface area contributed by atoms with E-state index >= 15 is 0 Å². The molecule has 0 amide bonds. The van der Waals surface area contributed by atoms with Gasteiger partial charge in [0.1, 0.15) is 6.34 Å². The molecule has 0 radical (unpaired) electrons. The molecule has 0 saturated carbocycles. The number of rotatable bonds is 3. The van der Waals surface area contributed by atoms with Crippen molar-refractivity contribution in [1.29, 1.82) is 0 Å². The highest BCUT2D eigenvalue weighted by Gasteiger charge is 2.05. The normalized spacial score (nSPS) is 11.1. The first kappa shape index (κ1) is 10.7. The summed E-state index contributed by atoms with van der Waals surface area (Å²) in [7, 11) is 0. The Morgan fingerprint density at radius 3 is 2.93 bits per heavy atom. The summed E-state index contributed by atoms with van der Waals surface area (Å²) < 4.78 is 1.09. The Hall–Kier alpha value is -0.760. The molecule has 78 valence electrons. The van der Waals surface area contributed by atoms with Crippen LogP contribution >= 0.6 is 38.6 Å². The molecule has 0 unspecified atom stereocenters. The van der Waals surface area contributed by atoms with Gasteiger partial charge >= 0.3 is 0 Å². The number of aliphatic imine (C=N–C) groups is 1. The topological polar surface area (TPSA) is 57.5 Å². The van der Waals surface area contributed by atoms with E-state index in [2.05, 4.69) is 25.9 Å². The van der Waals surface area contributed by atoms with Gasteiger partial charge in [0.25, 0.3) is 0 Å². The Morgan fingerprint density at radius 1 is 1.40 bits per heavy atom. The highest BCUT2D eigenvalue weighted by molar-refractivity contribution is 9.11. The van der Waals surface area contributed by atoms with Crippen molar-refractivity contribution in [1.82, 2.24) is 10.5 Å². The van der Waals surface area contributed by atoms with E-state index in [-0.39, 0.29) is 0 Å². The van der Waals surface area contributed by atoms with E-state index in [1.165, 1.54) is 17.7 Å². The lowest BCUT2D eigenvalue weighted by Crippen LogP contribution is -2.00. The first-order chi connectivity index (χ1) is 7.29. The molecule has 2 aromatic heterocycles. The fourth-order valence-corrected chi connectivity index (χ4v) is 3.19. The predicted octanol–water partition coefficient (Wildman–Crippen LogP) is 3.27. The van der Waals surface area contributed by atoms with Crippen molar-refractivity contribution in [2.45, 2.75) is 0 Å². The van der Waals surface area contributed by atoms with E-state index in [1.54, 1.807) is 17.5 Å². The van der Waals surface area contributed by atoms with Gasteiger partial charge in [0.2, 0.25) is 5.13 Å². The Morgan fingerprint density at radius 2 is 2.27 bits per heavy atom.